The lowest BCUT2D eigenvalue weighted by Crippen LogP contribution is -2.10. The van der Waals surface area contributed by atoms with Gasteiger partial charge in [0.1, 0.15) is 17.9 Å². The largest absolute Gasteiger partial charge is 0.493 e. The fourth-order valence-corrected chi connectivity index (χ4v) is 3.84. The van der Waals surface area contributed by atoms with Crippen LogP contribution in [0, 0.1) is 6.92 Å². The second-order valence-corrected chi connectivity index (χ2v) is 8.16. The van der Waals surface area contributed by atoms with Gasteiger partial charge in [-0.25, -0.2) is 4.98 Å². The quantitative estimate of drug-likeness (QED) is 0.305. The summed E-state index contributed by atoms with van der Waals surface area (Å²) in [7, 11) is -2.49. The number of H-pyrrole nitrogens is 2. The molecule has 0 saturated heterocycles. The van der Waals surface area contributed by atoms with Crippen molar-refractivity contribution in [3.05, 3.63) is 41.9 Å². The Hall–Kier alpha value is -3.02. The van der Waals surface area contributed by atoms with Gasteiger partial charge in [-0.15, -0.1) is 0 Å². The van der Waals surface area contributed by atoms with Crippen molar-refractivity contribution in [1.29, 1.82) is 0 Å². The van der Waals surface area contributed by atoms with Gasteiger partial charge in [0.15, 0.2) is 0 Å². The Labute approximate surface area is 172 Å². The van der Waals surface area contributed by atoms with Crippen LogP contribution in [0.4, 0.5) is 0 Å². The summed E-state index contributed by atoms with van der Waals surface area (Å²) in [6.07, 6.45) is 3.90. The molecule has 0 fully saturated rings. The number of aromatic amines is 2. The number of nitrogens with zero attached hydrogens (tertiary/aromatic N) is 3. The van der Waals surface area contributed by atoms with Crippen LogP contribution in [0.3, 0.4) is 0 Å². The molecule has 3 heterocycles. The molecule has 0 aliphatic rings. The first-order valence-corrected chi connectivity index (χ1v) is 10.7. The molecule has 11 heteroatoms. The number of rotatable bonds is 9. The average Bonchev–Trinajstić information content (AvgIpc) is 3.38. The van der Waals surface area contributed by atoms with E-state index >= 15 is 0 Å². The molecule has 0 radical (unpaired) electrons. The van der Waals surface area contributed by atoms with Crippen LogP contribution in [0.15, 0.2) is 35.7 Å². The van der Waals surface area contributed by atoms with Crippen molar-refractivity contribution in [2.75, 3.05) is 20.3 Å². The average molecular weight is 431 g/mol. The second kappa shape index (κ2) is 8.38. The standard InChI is InChI=1S/C19H21N5O5S/c1-12-16(20-7-6-17(12)28-9-3-8-27-2)11-29-30(25,26)19-22-15-5-4-14-13(10-21-24-14)18(15)23-19/h4-7,10H,3,8-9,11H2,1-2H3,(H,21,24)(H,22,23). The molecule has 1 aromatic carbocycles. The van der Waals surface area contributed by atoms with Crippen molar-refractivity contribution < 1.29 is 22.1 Å². The third kappa shape index (κ3) is 3.99. The summed E-state index contributed by atoms with van der Waals surface area (Å²) in [5.41, 5.74) is 3.03. The second-order valence-electron chi connectivity index (χ2n) is 6.63. The third-order valence-corrected chi connectivity index (χ3v) is 5.74. The molecule has 0 bridgehead atoms. The summed E-state index contributed by atoms with van der Waals surface area (Å²) in [4.78, 5) is 11.2. The summed E-state index contributed by atoms with van der Waals surface area (Å²) in [5.74, 6) is 0.628. The lowest BCUT2D eigenvalue weighted by Gasteiger charge is -2.12. The highest BCUT2D eigenvalue weighted by molar-refractivity contribution is 7.86. The Kier molecular flexibility index (Phi) is 5.66. The molecule has 0 amide bonds. The van der Waals surface area contributed by atoms with Crippen LogP contribution < -0.4 is 4.74 Å². The first kappa shape index (κ1) is 20.3. The van der Waals surface area contributed by atoms with Gasteiger partial charge in [-0.05, 0) is 25.1 Å². The van der Waals surface area contributed by atoms with Gasteiger partial charge in [-0.3, -0.25) is 14.3 Å². The van der Waals surface area contributed by atoms with Crippen molar-refractivity contribution in [2.45, 2.75) is 25.1 Å². The van der Waals surface area contributed by atoms with Crippen molar-refractivity contribution in [3.8, 4) is 5.75 Å². The number of nitrogens with one attached hydrogen (secondary N) is 2. The minimum Gasteiger partial charge on any atom is -0.493 e. The van der Waals surface area contributed by atoms with Crippen LogP contribution in [0.1, 0.15) is 17.7 Å². The number of ether oxygens (including phenoxy) is 2. The first-order valence-electron chi connectivity index (χ1n) is 9.27. The smallest absolute Gasteiger partial charge is 0.331 e. The van der Waals surface area contributed by atoms with Crippen LogP contribution in [-0.4, -0.2) is 53.9 Å². The van der Waals surface area contributed by atoms with Gasteiger partial charge < -0.3 is 14.5 Å². The van der Waals surface area contributed by atoms with Crippen LogP contribution in [0.5, 0.6) is 5.75 Å². The lowest BCUT2D eigenvalue weighted by atomic mass is 10.2. The maximum Gasteiger partial charge on any atom is 0.331 e. The van der Waals surface area contributed by atoms with Crippen LogP contribution in [0.2, 0.25) is 0 Å². The maximum absolute atomic E-state index is 12.7. The molecule has 0 spiro atoms. The predicted molar refractivity (Wildman–Crippen MR) is 109 cm³/mol. The molecule has 0 aliphatic carbocycles. The first-order chi connectivity index (χ1) is 14.5. The Morgan fingerprint density at radius 3 is 2.80 bits per heavy atom. The molecule has 0 saturated carbocycles. The van der Waals surface area contributed by atoms with Gasteiger partial charge >= 0.3 is 10.1 Å². The van der Waals surface area contributed by atoms with Crippen LogP contribution >= 0.6 is 0 Å². The number of methoxy groups -OCH3 is 1. The third-order valence-electron chi connectivity index (χ3n) is 4.65. The fourth-order valence-electron chi connectivity index (χ4n) is 3.02. The zero-order chi connectivity index (χ0) is 21.1. The van der Waals surface area contributed by atoms with E-state index in [1.165, 1.54) is 0 Å². The van der Waals surface area contributed by atoms with Gasteiger partial charge in [0, 0.05) is 37.3 Å². The molecule has 30 heavy (non-hydrogen) atoms. The normalized spacial score (nSPS) is 12.1. The molecular weight excluding hydrogens is 410 g/mol. The maximum atomic E-state index is 12.7. The Balaban J connectivity index is 1.51. The number of hydrogen-bond acceptors (Lipinski definition) is 8. The molecule has 2 N–H and O–H groups in total. The summed E-state index contributed by atoms with van der Waals surface area (Å²) in [5, 5.41) is 7.24. The minimum atomic E-state index is -4.12. The summed E-state index contributed by atoms with van der Waals surface area (Å²) >= 11 is 0. The zero-order valence-electron chi connectivity index (χ0n) is 16.5. The minimum absolute atomic E-state index is 0.235. The van der Waals surface area contributed by atoms with Gasteiger partial charge in [-0.2, -0.15) is 13.5 Å². The van der Waals surface area contributed by atoms with E-state index in [-0.39, 0.29) is 11.8 Å². The fraction of sp³-hybridized carbons (Fsp3) is 0.316. The van der Waals surface area contributed by atoms with E-state index in [4.69, 9.17) is 13.7 Å². The van der Waals surface area contributed by atoms with Crippen LogP contribution in [0.25, 0.3) is 21.9 Å². The molecule has 10 nitrogen and oxygen atoms in total. The number of fused-ring (bicyclic) bond motifs is 3. The molecule has 0 atom stereocenters. The van der Waals surface area contributed by atoms with Crippen molar-refractivity contribution in [2.24, 2.45) is 0 Å². The highest BCUT2D eigenvalue weighted by Crippen LogP contribution is 2.25. The molecular formula is C19H21N5O5S. The predicted octanol–water partition coefficient (Wildman–Crippen LogP) is 2.46. The van der Waals surface area contributed by atoms with Crippen molar-refractivity contribution in [1.82, 2.24) is 25.1 Å². The van der Waals surface area contributed by atoms with Gasteiger partial charge in [0.25, 0.3) is 5.16 Å². The van der Waals surface area contributed by atoms with E-state index in [1.807, 2.05) is 0 Å². The number of hydrogen-bond donors (Lipinski definition) is 2. The van der Waals surface area contributed by atoms with E-state index < -0.39 is 10.1 Å². The summed E-state index contributed by atoms with van der Waals surface area (Å²) < 4.78 is 41.3. The number of imidazole rings is 1. The van der Waals surface area contributed by atoms with E-state index in [0.29, 0.717) is 35.7 Å². The Morgan fingerprint density at radius 1 is 1.13 bits per heavy atom. The summed E-state index contributed by atoms with van der Waals surface area (Å²) in [6.45, 7) is 2.65. The lowest BCUT2D eigenvalue weighted by molar-refractivity contribution is 0.171. The molecule has 0 aliphatic heterocycles. The number of pyridine rings is 1. The molecule has 4 rings (SSSR count). The SMILES string of the molecule is COCCCOc1ccnc(COS(=O)(=O)c2nc3c(ccc4[nH]ncc43)[nH]2)c1C. The van der Waals surface area contributed by atoms with Crippen LogP contribution in [-0.2, 0) is 25.6 Å². The molecule has 4 aromatic rings. The molecule has 0 unspecified atom stereocenters. The van der Waals surface area contributed by atoms with Gasteiger partial charge in [0.05, 0.1) is 29.5 Å². The highest BCUT2D eigenvalue weighted by Gasteiger charge is 2.22. The van der Waals surface area contributed by atoms with E-state index in [2.05, 4.69) is 25.1 Å². The van der Waals surface area contributed by atoms with E-state index in [0.717, 1.165) is 22.9 Å². The van der Waals surface area contributed by atoms with E-state index in [1.54, 1.807) is 44.6 Å². The van der Waals surface area contributed by atoms with Gasteiger partial charge in [0.2, 0.25) is 0 Å². The Morgan fingerprint density at radius 2 is 1.97 bits per heavy atom. The number of benzene rings is 1. The highest BCUT2D eigenvalue weighted by atomic mass is 32.2. The zero-order valence-corrected chi connectivity index (χ0v) is 17.3. The van der Waals surface area contributed by atoms with Gasteiger partial charge in [-0.1, -0.05) is 0 Å². The number of aromatic nitrogens is 5. The monoisotopic (exact) mass is 431 g/mol. The summed E-state index contributed by atoms with van der Waals surface area (Å²) in [6, 6.07) is 5.26. The molecule has 3 aromatic heterocycles. The topological polar surface area (TPSA) is 132 Å². The van der Waals surface area contributed by atoms with E-state index in [9.17, 15) is 8.42 Å². The Bertz CT molecular complexity index is 1280. The van der Waals surface area contributed by atoms with Crippen molar-refractivity contribution >= 4 is 32.1 Å². The van der Waals surface area contributed by atoms with Crippen molar-refractivity contribution in [3.63, 3.8) is 0 Å². The molecule has 158 valence electrons.